The monoisotopic (exact) mass is 454 g/mol. The summed E-state index contributed by atoms with van der Waals surface area (Å²) in [7, 11) is 0. The number of carbonyl (C=O) groups is 1. The van der Waals surface area contributed by atoms with Gasteiger partial charge in [-0.1, -0.05) is 57.4 Å². The Morgan fingerprint density at radius 2 is 1.61 bits per heavy atom. The first-order valence-corrected chi connectivity index (χ1v) is 11.7. The molecule has 0 aliphatic carbocycles. The molecule has 180 valence electrons. The van der Waals surface area contributed by atoms with E-state index in [0.717, 1.165) is 5.56 Å². The highest BCUT2D eigenvalue weighted by molar-refractivity contribution is 5.78. The zero-order valence-electron chi connectivity index (χ0n) is 19.8. The van der Waals surface area contributed by atoms with Crippen molar-refractivity contribution in [2.45, 2.75) is 70.9 Å². The van der Waals surface area contributed by atoms with Crippen LogP contribution >= 0.6 is 0 Å². The summed E-state index contributed by atoms with van der Waals surface area (Å²) in [6.07, 6.45) is 6.08. The van der Waals surface area contributed by atoms with Gasteiger partial charge in [-0.25, -0.2) is 4.79 Å². The maximum Gasteiger partial charge on any atom is 0.328 e. The predicted octanol–water partition coefficient (Wildman–Crippen LogP) is 4.24. The number of guanidine groups is 1. The van der Waals surface area contributed by atoms with Gasteiger partial charge in [0.15, 0.2) is 5.96 Å². The maximum absolute atomic E-state index is 12.1. The molecule has 0 aliphatic rings. The second kappa shape index (κ2) is 14.2. The highest BCUT2D eigenvalue weighted by atomic mass is 16.5. The van der Waals surface area contributed by atoms with Crippen LogP contribution in [0.3, 0.4) is 0 Å². The van der Waals surface area contributed by atoms with E-state index < -0.39 is 12.0 Å². The summed E-state index contributed by atoms with van der Waals surface area (Å²) < 4.78 is 11.2. The Labute approximate surface area is 197 Å². The third kappa shape index (κ3) is 9.95. The van der Waals surface area contributed by atoms with Crippen LogP contribution in [-0.2, 0) is 11.4 Å². The van der Waals surface area contributed by atoms with Crippen LogP contribution in [0.2, 0.25) is 0 Å². The van der Waals surface area contributed by atoms with Crippen LogP contribution < -0.4 is 26.7 Å². The molecule has 0 amide bonds. The molecule has 0 saturated heterocycles. The van der Waals surface area contributed by atoms with Gasteiger partial charge in [-0.2, -0.15) is 0 Å². The SMILES string of the molecule is CCCCCC(C)c1ccc(COc2ccc(OC(=O)C(N)CCCN=C(N)N)cc2)cc1. The lowest BCUT2D eigenvalue weighted by Crippen LogP contribution is -2.34. The normalized spacial score (nSPS) is 12.6. The first kappa shape index (κ1) is 26.2. The number of hydrogen-bond donors (Lipinski definition) is 3. The second-order valence-electron chi connectivity index (χ2n) is 8.37. The maximum atomic E-state index is 12.1. The van der Waals surface area contributed by atoms with Crippen molar-refractivity contribution in [3.05, 3.63) is 59.7 Å². The lowest BCUT2D eigenvalue weighted by Gasteiger charge is -2.13. The van der Waals surface area contributed by atoms with E-state index in [-0.39, 0.29) is 5.96 Å². The van der Waals surface area contributed by atoms with Crippen LogP contribution in [0.5, 0.6) is 11.5 Å². The molecule has 2 aromatic rings. The number of hydrogen-bond acceptors (Lipinski definition) is 5. The number of nitrogens with zero attached hydrogens (tertiary/aromatic N) is 1. The number of benzene rings is 2. The van der Waals surface area contributed by atoms with Gasteiger partial charge in [0.25, 0.3) is 0 Å². The van der Waals surface area contributed by atoms with Crippen molar-refractivity contribution in [3.8, 4) is 11.5 Å². The average molecular weight is 455 g/mol. The zero-order chi connectivity index (χ0) is 24.1. The summed E-state index contributed by atoms with van der Waals surface area (Å²) in [5, 5.41) is 0. The fourth-order valence-corrected chi connectivity index (χ4v) is 3.41. The van der Waals surface area contributed by atoms with Crippen LogP contribution in [0.4, 0.5) is 0 Å². The number of unbranched alkanes of at least 4 members (excludes halogenated alkanes) is 2. The number of ether oxygens (including phenoxy) is 2. The Kier molecular flexibility index (Phi) is 11.2. The van der Waals surface area contributed by atoms with Crippen LogP contribution in [0, 0.1) is 0 Å². The van der Waals surface area contributed by atoms with Crippen molar-refractivity contribution in [2.75, 3.05) is 6.54 Å². The van der Waals surface area contributed by atoms with Gasteiger partial charge in [-0.05, 0) is 60.6 Å². The van der Waals surface area contributed by atoms with E-state index in [1.54, 1.807) is 24.3 Å². The van der Waals surface area contributed by atoms with Crippen LogP contribution in [0.1, 0.15) is 69.4 Å². The van der Waals surface area contributed by atoms with Crippen LogP contribution in [0.15, 0.2) is 53.5 Å². The Morgan fingerprint density at radius 3 is 2.24 bits per heavy atom. The van der Waals surface area contributed by atoms with E-state index >= 15 is 0 Å². The van der Waals surface area contributed by atoms with E-state index in [1.165, 1.54) is 31.2 Å². The fraction of sp³-hybridized carbons (Fsp3) is 0.462. The van der Waals surface area contributed by atoms with Crippen molar-refractivity contribution in [3.63, 3.8) is 0 Å². The Balaban J connectivity index is 1.76. The first-order chi connectivity index (χ1) is 15.9. The Bertz CT molecular complexity index is 862. The quantitative estimate of drug-likeness (QED) is 0.129. The molecule has 2 unspecified atom stereocenters. The average Bonchev–Trinajstić information content (AvgIpc) is 2.81. The van der Waals surface area contributed by atoms with Gasteiger partial charge in [0.05, 0.1) is 0 Å². The third-order valence-corrected chi connectivity index (χ3v) is 5.51. The zero-order valence-corrected chi connectivity index (χ0v) is 19.8. The van der Waals surface area contributed by atoms with E-state index in [1.807, 2.05) is 0 Å². The van der Waals surface area contributed by atoms with Crippen molar-refractivity contribution in [2.24, 2.45) is 22.2 Å². The van der Waals surface area contributed by atoms with Crippen molar-refractivity contribution in [1.82, 2.24) is 0 Å². The van der Waals surface area contributed by atoms with Gasteiger partial charge < -0.3 is 26.7 Å². The molecule has 33 heavy (non-hydrogen) atoms. The minimum Gasteiger partial charge on any atom is -0.489 e. The lowest BCUT2D eigenvalue weighted by atomic mass is 9.94. The fourth-order valence-electron chi connectivity index (χ4n) is 3.41. The highest BCUT2D eigenvalue weighted by Crippen LogP contribution is 2.23. The molecule has 0 spiro atoms. The van der Waals surface area contributed by atoms with Crippen molar-refractivity contribution >= 4 is 11.9 Å². The molecule has 0 aliphatic heterocycles. The predicted molar refractivity (Wildman–Crippen MR) is 133 cm³/mol. The standard InChI is InChI=1S/C26H38N4O3/c1-3-4-5-7-19(2)21-11-9-20(10-12-21)18-32-22-13-15-23(16-14-22)33-25(31)24(27)8-6-17-30-26(28)29/h9-16,19,24H,3-8,17-18,27H2,1-2H3,(H4,28,29,30). The topological polar surface area (TPSA) is 126 Å². The smallest absolute Gasteiger partial charge is 0.328 e. The highest BCUT2D eigenvalue weighted by Gasteiger charge is 2.15. The Hall–Kier alpha value is -3.06. The van der Waals surface area contributed by atoms with Crippen LogP contribution in [-0.4, -0.2) is 24.5 Å². The summed E-state index contributed by atoms with van der Waals surface area (Å²) in [6, 6.07) is 14.8. The molecule has 0 saturated carbocycles. The van der Waals surface area contributed by atoms with E-state index in [9.17, 15) is 4.79 Å². The summed E-state index contributed by atoms with van der Waals surface area (Å²) in [5.74, 6) is 1.24. The molecule has 6 N–H and O–H groups in total. The van der Waals surface area contributed by atoms with Gasteiger partial charge in [-0.3, -0.25) is 4.99 Å². The van der Waals surface area contributed by atoms with Crippen molar-refractivity contribution < 1.29 is 14.3 Å². The molecule has 0 aromatic heterocycles. The van der Waals surface area contributed by atoms with Crippen molar-refractivity contribution in [1.29, 1.82) is 0 Å². The molecule has 7 heteroatoms. The first-order valence-electron chi connectivity index (χ1n) is 11.7. The molecule has 0 fully saturated rings. The third-order valence-electron chi connectivity index (χ3n) is 5.51. The Morgan fingerprint density at radius 1 is 0.939 bits per heavy atom. The van der Waals surface area contributed by atoms with E-state index in [4.69, 9.17) is 26.7 Å². The minimum atomic E-state index is -0.729. The molecule has 2 rings (SSSR count). The summed E-state index contributed by atoms with van der Waals surface area (Å²) in [5.41, 5.74) is 18.9. The number of nitrogens with two attached hydrogens (primary N) is 3. The number of carbonyl (C=O) groups excluding carboxylic acids is 1. The van der Waals surface area contributed by atoms with E-state index in [0.29, 0.717) is 43.4 Å². The molecular formula is C26H38N4O3. The lowest BCUT2D eigenvalue weighted by molar-refractivity contribution is -0.136. The van der Waals surface area contributed by atoms with Gasteiger partial charge >= 0.3 is 5.97 Å². The molecule has 7 nitrogen and oxygen atoms in total. The molecule has 0 bridgehead atoms. The number of esters is 1. The molecule has 2 aromatic carbocycles. The van der Waals surface area contributed by atoms with Crippen LogP contribution in [0.25, 0.3) is 0 Å². The molecular weight excluding hydrogens is 416 g/mol. The summed E-state index contributed by atoms with van der Waals surface area (Å²) in [4.78, 5) is 16.0. The van der Waals surface area contributed by atoms with Gasteiger partial charge in [0.1, 0.15) is 24.1 Å². The molecule has 0 heterocycles. The summed E-state index contributed by atoms with van der Waals surface area (Å²) in [6.45, 7) is 5.42. The number of rotatable bonds is 14. The van der Waals surface area contributed by atoms with E-state index in [2.05, 4.69) is 43.1 Å². The van der Waals surface area contributed by atoms with Gasteiger partial charge in [0.2, 0.25) is 0 Å². The molecule has 0 radical (unpaired) electrons. The number of aliphatic imine (C=N–C) groups is 1. The van der Waals surface area contributed by atoms with Gasteiger partial charge in [0, 0.05) is 6.54 Å². The van der Waals surface area contributed by atoms with Gasteiger partial charge in [-0.15, -0.1) is 0 Å². The largest absolute Gasteiger partial charge is 0.489 e. The molecule has 2 atom stereocenters. The summed E-state index contributed by atoms with van der Waals surface area (Å²) >= 11 is 0. The second-order valence-corrected chi connectivity index (χ2v) is 8.37. The minimum absolute atomic E-state index is 0.0258.